The van der Waals surface area contributed by atoms with Crippen LogP contribution < -0.4 is 10.9 Å². The SMILES string of the molecule is Cc1ccc(-c2cc(C(=O)NNC(=O)CN3C(=O)C4CC=CCC4C3=O)c3ccccc3n2)cc1. The second-order valence-electron chi connectivity index (χ2n) is 8.86. The van der Waals surface area contributed by atoms with Gasteiger partial charge in [-0.3, -0.25) is 34.9 Å². The number of para-hydroxylation sites is 1. The molecule has 2 N–H and O–H groups in total. The number of aromatic nitrogens is 1. The van der Waals surface area contributed by atoms with E-state index in [1.165, 1.54) is 0 Å². The minimum Gasteiger partial charge on any atom is -0.274 e. The number of nitrogens with zero attached hydrogens (tertiary/aromatic N) is 2. The maximum Gasteiger partial charge on any atom is 0.270 e. The van der Waals surface area contributed by atoms with E-state index in [1.807, 2.05) is 61.5 Å². The van der Waals surface area contributed by atoms with Gasteiger partial charge in [-0.1, -0.05) is 60.2 Å². The fourth-order valence-corrected chi connectivity index (χ4v) is 4.64. The summed E-state index contributed by atoms with van der Waals surface area (Å²) in [6.07, 6.45) is 4.78. The van der Waals surface area contributed by atoms with E-state index < -0.39 is 30.2 Å². The molecule has 1 fully saturated rings. The smallest absolute Gasteiger partial charge is 0.270 e. The number of carbonyl (C=O) groups excluding carboxylic acids is 4. The molecule has 0 bridgehead atoms. The zero-order valence-corrected chi connectivity index (χ0v) is 19.2. The van der Waals surface area contributed by atoms with Gasteiger partial charge in [-0.15, -0.1) is 0 Å². The normalized spacial score (nSPS) is 19.1. The number of benzene rings is 2. The number of carbonyl (C=O) groups is 4. The maximum atomic E-state index is 13.1. The zero-order chi connectivity index (χ0) is 24.5. The van der Waals surface area contributed by atoms with Crippen LogP contribution in [0.15, 0.2) is 66.7 Å². The van der Waals surface area contributed by atoms with Crippen molar-refractivity contribution in [3.63, 3.8) is 0 Å². The van der Waals surface area contributed by atoms with Crippen molar-refractivity contribution in [3.05, 3.63) is 77.9 Å². The van der Waals surface area contributed by atoms with Crippen LogP contribution in [0.2, 0.25) is 0 Å². The first kappa shape index (κ1) is 22.5. The van der Waals surface area contributed by atoms with Crippen molar-refractivity contribution in [2.75, 3.05) is 6.54 Å². The van der Waals surface area contributed by atoms with Crippen molar-refractivity contribution < 1.29 is 19.2 Å². The molecule has 2 heterocycles. The molecule has 8 nitrogen and oxygen atoms in total. The summed E-state index contributed by atoms with van der Waals surface area (Å²) in [5.74, 6) is -2.66. The maximum absolute atomic E-state index is 13.1. The van der Waals surface area contributed by atoms with Gasteiger partial charge in [-0.25, -0.2) is 4.98 Å². The number of allylic oxidation sites excluding steroid dienone is 2. The first-order chi connectivity index (χ1) is 16.9. The Hall–Kier alpha value is -4.33. The average Bonchev–Trinajstić information content (AvgIpc) is 3.12. The van der Waals surface area contributed by atoms with Crippen molar-refractivity contribution in [1.29, 1.82) is 0 Å². The van der Waals surface area contributed by atoms with Crippen LogP contribution in [0.25, 0.3) is 22.2 Å². The van der Waals surface area contributed by atoms with Crippen molar-refractivity contribution >= 4 is 34.5 Å². The first-order valence-corrected chi connectivity index (χ1v) is 11.5. The van der Waals surface area contributed by atoms with Gasteiger partial charge >= 0.3 is 0 Å². The number of aryl methyl sites for hydroxylation is 1. The molecule has 5 rings (SSSR count). The number of hydrogen-bond donors (Lipinski definition) is 2. The van der Waals surface area contributed by atoms with Gasteiger partial charge in [-0.2, -0.15) is 0 Å². The fourth-order valence-electron chi connectivity index (χ4n) is 4.64. The van der Waals surface area contributed by atoms with Crippen LogP contribution in [0.3, 0.4) is 0 Å². The molecule has 0 spiro atoms. The predicted octanol–water partition coefficient (Wildman–Crippen LogP) is 2.92. The fraction of sp³-hybridized carbons (Fsp3) is 0.222. The summed E-state index contributed by atoms with van der Waals surface area (Å²) in [6, 6.07) is 16.8. The molecule has 1 aromatic heterocycles. The van der Waals surface area contributed by atoms with E-state index >= 15 is 0 Å². The molecule has 8 heteroatoms. The molecular formula is C27H24N4O4. The molecule has 2 aromatic carbocycles. The van der Waals surface area contributed by atoms with Gasteiger partial charge < -0.3 is 0 Å². The molecule has 2 aliphatic rings. The van der Waals surface area contributed by atoms with Crippen LogP contribution in [-0.4, -0.2) is 40.1 Å². The van der Waals surface area contributed by atoms with Crippen LogP contribution in [-0.2, 0) is 14.4 Å². The van der Waals surface area contributed by atoms with Gasteiger partial charge in [0.1, 0.15) is 6.54 Å². The molecule has 1 saturated heterocycles. The van der Waals surface area contributed by atoms with Gasteiger partial charge in [0.05, 0.1) is 28.6 Å². The molecule has 2 atom stereocenters. The molecular weight excluding hydrogens is 444 g/mol. The number of rotatable bonds is 4. The van der Waals surface area contributed by atoms with E-state index in [0.717, 1.165) is 16.0 Å². The minimum absolute atomic E-state index is 0.339. The van der Waals surface area contributed by atoms with Crippen molar-refractivity contribution in [3.8, 4) is 11.3 Å². The monoisotopic (exact) mass is 468 g/mol. The topological polar surface area (TPSA) is 108 Å². The first-order valence-electron chi connectivity index (χ1n) is 11.5. The van der Waals surface area contributed by atoms with Crippen molar-refractivity contribution in [2.45, 2.75) is 19.8 Å². The Labute approximate surface area is 202 Å². The number of nitrogens with one attached hydrogen (secondary N) is 2. The van der Waals surface area contributed by atoms with Gasteiger partial charge in [-0.05, 0) is 31.9 Å². The summed E-state index contributed by atoms with van der Waals surface area (Å²) in [5, 5.41) is 0.636. The molecule has 176 valence electrons. The Kier molecular flexibility index (Phi) is 5.86. The number of fused-ring (bicyclic) bond motifs is 2. The molecule has 1 aliphatic heterocycles. The Bertz CT molecular complexity index is 1350. The van der Waals surface area contributed by atoms with E-state index in [-0.39, 0.29) is 11.8 Å². The van der Waals surface area contributed by atoms with E-state index in [4.69, 9.17) is 0 Å². The van der Waals surface area contributed by atoms with Gasteiger partial charge in [0, 0.05) is 10.9 Å². The number of hydrogen-bond acceptors (Lipinski definition) is 5. The summed E-state index contributed by atoms with van der Waals surface area (Å²) in [5.41, 5.74) is 8.35. The molecule has 2 unspecified atom stereocenters. The Morgan fingerprint density at radius 1 is 0.943 bits per heavy atom. The van der Waals surface area contributed by atoms with Crippen LogP contribution in [0.1, 0.15) is 28.8 Å². The highest BCUT2D eigenvalue weighted by Gasteiger charge is 2.47. The molecule has 0 radical (unpaired) electrons. The molecule has 3 aromatic rings. The van der Waals surface area contributed by atoms with E-state index in [9.17, 15) is 19.2 Å². The second-order valence-corrected chi connectivity index (χ2v) is 8.86. The lowest BCUT2D eigenvalue weighted by atomic mass is 9.85. The number of amides is 4. The third-order valence-corrected chi connectivity index (χ3v) is 6.52. The number of imide groups is 1. The van der Waals surface area contributed by atoms with Crippen molar-refractivity contribution in [1.82, 2.24) is 20.7 Å². The molecule has 0 saturated carbocycles. The Morgan fingerprint density at radius 2 is 1.60 bits per heavy atom. The number of hydrazine groups is 1. The van der Waals surface area contributed by atoms with Gasteiger partial charge in [0.2, 0.25) is 11.8 Å². The van der Waals surface area contributed by atoms with Gasteiger partial charge in [0.25, 0.3) is 11.8 Å². The molecule has 4 amide bonds. The summed E-state index contributed by atoms with van der Waals surface area (Å²) < 4.78 is 0. The zero-order valence-electron chi connectivity index (χ0n) is 19.2. The highest BCUT2D eigenvalue weighted by molar-refractivity contribution is 6.09. The van der Waals surface area contributed by atoms with Crippen LogP contribution in [0, 0.1) is 18.8 Å². The van der Waals surface area contributed by atoms with E-state index in [2.05, 4.69) is 15.8 Å². The summed E-state index contributed by atoms with van der Waals surface area (Å²) in [4.78, 5) is 56.4. The van der Waals surface area contributed by atoms with E-state index in [0.29, 0.717) is 35.0 Å². The third kappa shape index (κ3) is 4.30. The summed E-state index contributed by atoms with van der Waals surface area (Å²) in [7, 11) is 0. The Balaban J connectivity index is 1.31. The minimum atomic E-state index is -0.649. The van der Waals surface area contributed by atoms with E-state index in [1.54, 1.807) is 12.1 Å². The lowest BCUT2D eigenvalue weighted by molar-refractivity contribution is -0.143. The lowest BCUT2D eigenvalue weighted by Gasteiger charge is -2.15. The quantitative estimate of drug-likeness (QED) is 0.348. The highest BCUT2D eigenvalue weighted by Crippen LogP contribution is 2.34. The predicted molar refractivity (Wildman–Crippen MR) is 130 cm³/mol. The molecule has 35 heavy (non-hydrogen) atoms. The van der Waals surface area contributed by atoms with Crippen LogP contribution in [0.5, 0.6) is 0 Å². The van der Waals surface area contributed by atoms with Crippen molar-refractivity contribution in [2.24, 2.45) is 11.8 Å². The standard InChI is InChI=1S/C27H24N4O4/c1-16-10-12-17(13-11-16)23-14-21(18-6-4-5-9-22(18)28-23)25(33)30-29-24(32)15-31-26(34)19-7-2-3-8-20(19)27(31)35/h2-6,9-14,19-20H,7-8,15H2,1H3,(H,29,32)(H,30,33). The molecule has 1 aliphatic carbocycles. The largest absolute Gasteiger partial charge is 0.274 e. The summed E-state index contributed by atoms with van der Waals surface area (Å²) >= 11 is 0. The summed E-state index contributed by atoms with van der Waals surface area (Å²) in [6.45, 7) is 1.56. The number of likely N-dealkylation sites (tertiary alicyclic amines) is 1. The Morgan fingerprint density at radius 3 is 2.29 bits per heavy atom. The second kappa shape index (κ2) is 9.13. The van der Waals surface area contributed by atoms with Crippen LogP contribution >= 0.6 is 0 Å². The highest BCUT2D eigenvalue weighted by atomic mass is 16.2. The lowest BCUT2D eigenvalue weighted by Crippen LogP contribution is -2.48. The third-order valence-electron chi connectivity index (χ3n) is 6.52. The van der Waals surface area contributed by atoms with Crippen LogP contribution in [0.4, 0.5) is 0 Å². The van der Waals surface area contributed by atoms with Gasteiger partial charge in [0.15, 0.2) is 0 Å². The number of pyridine rings is 1. The average molecular weight is 469 g/mol.